The molecule has 11 heteroatoms. The summed E-state index contributed by atoms with van der Waals surface area (Å²) in [6.07, 6.45) is -0.0161. The van der Waals surface area contributed by atoms with Crippen LogP contribution in [0.2, 0.25) is 5.02 Å². The van der Waals surface area contributed by atoms with E-state index in [0.717, 1.165) is 23.5 Å². The summed E-state index contributed by atoms with van der Waals surface area (Å²) >= 11 is 5.86. The second kappa shape index (κ2) is 8.72. The zero-order chi connectivity index (χ0) is 24.9. The number of benzene rings is 1. The first kappa shape index (κ1) is 24.3. The lowest BCUT2D eigenvalue weighted by molar-refractivity contribution is -0.162. The summed E-state index contributed by atoms with van der Waals surface area (Å²) < 4.78 is 43.8. The third kappa shape index (κ3) is 4.19. The van der Waals surface area contributed by atoms with Gasteiger partial charge in [-0.05, 0) is 42.4 Å². The number of imide groups is 1. The minimum absolute atomic E-state index is 0.0247. The highest BCUT2D eigenvalue weighted by atomic mass is 35.5. The second-order valence-corrected chi connectivity index (χ2v) is 9.49. The van der Waals surface area contributed by atoms with E-state index in [2.05, 4.69) is 5.32 Å². The van der Waals surface area contributed by atoms with Crippen molar-refractivity contribution >= 4 is 41.0 Å². The fourth-order valence-electron chi connectivity index (χ4n) is 5.08. The number of anilines is 1. The number of rotatable bonds is 6. The van der Waals surface area contributed by atoms with E-state index in [1.165, 1.54) is 0 Å². The Balaban J connectivity index is 1.42. The Hall–Kier alpha value is -2.88. The summed E-state index contributed by atoms with van der Waals surface area (Å²) in [5.74, 6) is -4.19. The van der Waals surface area contributed by atoms with Crippen LogP contribution in [0.4, 0.5) is 18.9 Å². The summed E-state index contributed by atoms with van der Waals surface area (Å²) in [5.41, 5.74) is -1.30. The molecule has 0 aromatic heterocycles. The maximum atomic E-state index is 13.0. The van der Waals surface area contributed by atoms with Crippen molar-refractivity contribution in [2.45, 2.75) is 32.5 Å². The predicted molar refractivity (Wildman–Crippen MR) is 114 cm³/mol. The number of alkyl halides is 3. The standard InChI is InChI=1S/C23H22ClF3N2O5/c1-10(2)19(29-20(31)17-11-3-4-12(7-11)18(17)21(29)32)22(33)34-9-16(30)28-15-8-13(23(25,26)27)5-6-14(15)24/h3-6,8,10-12,17-19H,7,9H2,1-2H3,(H,28,30)/t11-,12-,17-,18-,19+/m0/s1. The van der Waals surface area contributed by atoms with E-state index in [-0.39, 0.29) is 22.5 Å². The van der Waals surface area contributed by atoms with Crippen molar-refractivity contribution in [3.8, 4) is 0 Å². The predicted octanol–water partition coefficient (Wildman–Crippen LogP) is 3.67. The molecule has 182 valence electrons. The minimum atomic E-state index is -4.64. The van der Waals surface area contributed by atoms with Gasteiger partial charge in [-0.2, -0.15) is 13.2 Å². The van der Waals surface area contributed by atoms with Gasteiger partial charge in [-0.15, -0.1) is 0 Å². The van der Waals surface area contributed by atoms with E-state index in [0.29, 0.717) is 6.07 Å². The molecule has 1 N–H and O–H groups in total. The lowest BCUT2D eigenvalue weighted by Gasteiger charge is -2.28. The Morgan fingerprint density at radius 2 is 1.74 bits per heavy atom. The van der Waals surface area contributed by atoms with Crippen LogP contribution in [0.5, 0.6) is 0 Å². The summed E-state index contributed by atoms with van der Waals surface area (Å²) in [6.45, 7) is 2.47. The van der Waals surface area contributed by atoms with Gasteiger partial charge in [-0.1, -0.05) is 37.6 Å². The molecule has 0 unspecified atom stereocenters. The lowest BCUT2D eigenvalue weighted by Crippen LogP contribution is -2.50. The molecule has 1 aliphatic heterocycles. The van der Waals surface area contributed by atoms with Crippen LogP contribution in [0.1, 0.15) is 25.8 Å². The normalized spacial score (nSPS) is 26.3. The van der Waals surface area contributed by atoms with Crippen molar-refractivity contribution < 1.29 is 37.1 Å². The molecule has 4 rings (SSSR count). The van der Waals surface area contributed by atoms with Crippen molar-refractivity contribution in [3.05, 3.63) is 40.9 Å². The number of nitrogens with zero attached hydrogens (tertiary/aromatic N) is 1. The van der Waals surface area contributed by atoms with Crippen LogP contribution >= 0.6 is 11.6 Å². The number of likely N-dealkylation sites (tertiary alicyclic amines) is 1. The van der Waals surface area contributed by atoms with Crippen LogP contribution in [-0.2, 0) is 30.1 Å². The molecule has 3 aliphatic rings. The number of carbonyl (C=O) groups is 4. The molecule has 2 bridgehead atoms. The van der Waals surface area contributed by atoms with Crippen LogP contribution in [0.25, 0.3) is 0 Å². The van der Waals surface area contributed by atoms with Gasteiger partial charge in [0.25, 0.3) is 5.91 Å². The van der Waals surface area contributed by atoms with Gasteiger partial charge < -0.3 is 10.1 Å². The van der Waals surface area contributed by atoms with Crippen LogP contribution in [0.15, 0.2) is 30.4 Å². The maximum Gasteiger partial charge on any atom is 0.416 e. The van der Waals surface area contributed by atoms with Gasteiger partial charge in [-0.3, -0.25) is 19.3 Å². The average Bonchev–Trinajstić information content (AvgIpc) is 3.43. The molecule has 1 saturated carbocycles. The number of ether oxygens (including phenoxy) is 1. The molecule has 7 nitrogen and oxygen atoms in total. The number of hydrogen-bond acceptors (Lipinski definition) is 5. The molecule has 1 aromatic carbocycles. The number of fused-ring (bicyclic) bond motifs is 5. The maximum absolute atomic E-state index is 13.0. The number of halogens is 4. The molecule has 34 heavy (non-hydrogen) atoms. The zero-order valence-corrected chi connectivity index (χ0v) is 19.0. The molecule has 2 aliphatic carbocycles. The highest BCUT2D eigenvalue weighted by Crippen LogP contribution is 2.53. The van der Waals surface area contributed by atoms with Gasteiger partial charge in [0.1, 0.15) is 6.04 Å². The summed E-state index contributed by atoms with van der Waals surface area (Å²) in [5, 5.41) is 2.05. The van der Waals surface area contributed by atoms with E-state index in [4.69, 9.17) is 16.3 Å². The Bertz CT molecular complexity index is 1060. The fourth-order valence-corrected chi connectivity index (χ4v) is 5.25. The molecule has 5 atom stereocenters. The van der Waals surface area contributed by atoms with Crippen LogP contribution < -0.4 is 5.32 Å². The Kier molecular flexibility index (Phi) is 6.22. The van der Waals surface area contributed by atoms with Crippen molar-refractivity contribution in [1.82, 2.24) is 4.90 Å². The van der Waals surface area contributed by atoms with E-state index in [1.807, 2.05) is 12.2 Å². The third-order valence-corrected chi connectivity index (χ3v) is 6.90. The van der Waals surface area contributed by atoms with E-state index < -0.39 is 65.8 Å². The minimum Gasteiger partial charge on any atom is -0.454 e. The van der Waals surface area contributed by atoms with Gasteiger partial charge in [0.05, 0.1) is 28.1 Å². The van der Waals surface area contributed by atoms with Gasteiger partial charge in [0.2, 0.25) is 11.8 Å². The highest BCUT2D eigenvalue weighted by molar-refractivity contribution is 6.33. The quantitative estimate of drug-likeness (QED) is 0.367. The molecule has 1 heterocycles. The number of nitrogens with one attached hydrogen (secondary N) is 1. The molecular weight excluding hydrogens is 477 g/mol. The average molecular weight is 499 g/mol. The van der Waals surface area contributed by atoms with Gasteiger partial charge >= 0.3 is 12.1 Å². The van der Waals surface area contributed by atoms with E-state index >= 15 is 0 Å². The van der Waals surface area contributed by atoms with Crippen molar-refractivity contribution in [3.63, 3.8) is 0 Å². The first-order valence-electron chi connectivity index (χ1n) is 10.8. The molecule has 2 fully saturated rings. The first-order valence-corrected chi connectivity index (χ1v) is 11.2. The third-order valence-electron chi connectivity index (χ3n) is 6.57. The van der Waals surface area contributed by atoms with Crippen molar-refractivity contribution in [1.29, 1.82) is 0 Å². The van der Waals surface area contributed by atoms with Gasteiger partial charge in [0, 0.05) is 0 Å². The van der Waals surface area contributed by atoms with Crippen LogP contribution in [-0.4, -0.2) is 41.2 Å². The van der Waals surface area contributed by atoms with Crippen molar-refractivity contribution in [2.75, 3.05) is 11.9 Å². The molecule has 3 amide bonds. The lowest BCUT2D eigenvalue weighted by atomic mass is 9.85. The largest absolute Gasteiger partial charge is 0.454 e. The SMILES string of the molecule is CC(C)[C@H](C(=O)OCC(=O)Nc1cc(C(F)(F)F)ccc1Cl)N1C(=O)[C@@H]2[C@@H](C1=O)[C@H]1C=C[C@H]2C1. The molecular formula is C23H22ClF3N2O5. The smallest absolute Gasteiger partial charge is 0.416 e. The summed E-state index contributed by atoms with van der Waals surface area (Å²) in [7, 11) is 0. The zero-order valence-electron chi connectivity index (χ0n) is 18.3. The number of hydrogen-bond donors (Lipinski definition) is 1. The Morgan fingerprint density at radius 1 is 1.15 bits per heavy atom. The van der Waals surface area contributed by atoms with E-state index in [1.54, 1.807) is 13.8 Å². The molecule has 1 aromatic rings. The van der Waals surface area contributed by atoms with Crippen LogP contribution in [0.3, 0.4) is 0 Å². The summed E-state index contributed by atoms with van der Waals surface area (Å²) in [4.78, 5) is 52.1. The first-order chi connectivity index (χ1) is 15.9. The number of carbonyl (C=O) groups excluding carboxylic acids is 4. The van der Waals surface area contributed by atoms with Gasteiger partial charge in [0.15, 0.2) is 6.61 Å². The van der Waals surface area contributed by atoms with Crippen LogP contribution in [0, 0.1) is 29.6 Å². The Morgan fingerprint density at radius 3 is 2.26 bits per heavy atom. The molecule has 0 spiro atoms. The Labute approximate surface area is 198 Å². The number of amides is 3. The number of allylic oxidation sites excluding steroid dienone is 2. The monoisotopic (exact) mass is 498 g/mol. The topological polar surface area (TPSA) is 92.8 Å². The summed E-state index contributed by atoms with van der Waals surface area (Å²) in [6, 6.07) is 1.22. The van der Waals surface area contributed by atoms with Gasteiger partial charge in [-0.25, -0.2) is 4.79 Å². The number of esters is 1. The molecule has 1 saturated heterocycles. The highest BCUT2D eigenvalue weighted by Gasteiger charge is 2.61. The van der Waals surface area contributed by atoms with Crippen molar-refractivity contribution in [2.24, 2.45) is 29.6 Å². The second-order valence-electron chi connectivity index (χ2n) is 9.08. The fraction of sp³-hybridized carbons (Fsp3) is 0.478. The molecule has 0 radical (unpaired) electrons. The van der Waals surface area contributed by atoms with E-state index in [9.17, 15) is 32.3 Å².